The quantitative estimate of drug-likeness (QED) is 0.909. The zero-order valence-electron chi connectivity index (χ0n) is 12.9. The minimum absolute atomic E-state index is 0.0898. The molecule has 5 nitrogen and oxygen atoms in total. The fourth-order valence-electron chi connectivity index (χ4n) is 2.95. The number of likely N-dealkylation sites (N-methyl/N-ethyl adjacent to an activating group) is 1. The van der Waals surface area contributed by atoms with Gasteiger partial charge < -0.3 is 9.88 Å². The zero-order chi connectivity index (χ0) is 15.4. The van der Waals surface area contributed by atoms with Crippen LogP contribution in [0.3, 0.4) is 0 Å². The average molecular weight is 298 g/mol. The Hall–Kier alpha value is -2.14. The maximum absolute atomic E-state index is 12.2. The molecule has 1 aliphatic heterocycles. The number of aromatic nitrogens is 2. The fourth-order valence-corrected chi connectivity index (χ4v) is 2.95. The number of aryl methyl sites for hydroxylation is 1. The molecule has 1 aromatic heterocycles. The Morgan fingerprint density at radius 3 is 3.05 bits per heavy atom. The molecule has 0 aliphatic carbocycles. The number of nitrogens with one attached hydrogen (secondary N) is 1. The van der Waals surface area contributed by atoms with Gasteiger partial charge in [0.1, 0.15) is 5.82 Å². The molecule has 1 N–H and O–H groups in total. The van der Waals surface area contributed by atoms with Crippen LogP contribution in [-0.4, -0.2) is 40.0 Å². The highest BCUT2D eigenvalue weighted by atomic mass is 16.2. The Morgan fingerprint density at radius 1 is 1.41 bits per heavy atom. The molecule has 22 heavy (non-hydrogen) atoms. The van der Waals surface area contributed by atoms with Crippen molar-refractivity contribution < 1.29 is 4.79 Å². The van der Waals surface area contributed by atoms with Crippen LogP contribution in [0, 0.1) is 0 Å². The van der Waals surface area contributed by atoms with Crippen LogP contribution in [0.25, 0.3) is 0 Å². The molecule has 2 aromatic rings. The highest BCUT2D eigenvalue weighted by molar-refractivity contribution is 5.78. The van der Waals surface area contributed by atoms with Gasteiger partial charge in [-0.3, -0.25) is 9.69 Å². The van der Waals surface area contributed by atoms with Crippen molar-refractivity contribution in [3.8, 4) is 0 Å². The van der Waals surface area contributed by atoms with E-state index < -0.39 is 0 Å². The van der Waals surface area contributed by atoms with Crippen LogP contribution in [0.1, 0.15) is 17.8 Å². The van der Waals surface area contributed by atoms with Gasteiger partial charge in [-0.15, -0.1) is 0 Å². The van der Waals surface area contributed by atoms with E-state index in [1.54, 1.807) is 0 Å². The lowest BCUT2D eigenvalue weighted by Crippen LogP contribution is -2.44. The molecule has 0 fully saturated rings. The van der Waals surface area contributed by atoms with Gasteiger partial charge in [-0.25, -0.2) is 4.98 Å². The third-order valence-corrected chi connectivity index (χ3v) is 4.01. The van der Waals surface area contributed by atoms with E-state index >= 15 is 0 Å². The topological polar surface area (TPSA) is 50.2 Å². The van der Waals surface area contributed by atoms with E-state index in [0.717, 1.165) is 31.8 Å². The summed E-state index contributed by atoms with van der Waals surface area (Å²) in [5, 5.41) is 3.14. The number of hydrogen-bond donors (Lipinski definition) is 1. The SMILES string of the molecule is CN(CC(=O)NC1CCc2nccn2C1)Cc1ccccc1. The minimum Gasteiger partial charge on any atom is -0.350 e. The third-order valence-electron chi connectivity index (χ3n) is 4.01. The van der Waals surface area contributed by atoms with Crippen molar-refractivity contribution >= 4 is 5.91 Å². The third kappa shape index (κ3) is 3.74. The molecule has 1 amide bonds. The predicted octanol–water partition coefficient (Wildman–Crippen LogP) is 1.45. The Bertz CT molecular complexity index is 623. The lowest BCUT2D eigenvalue weighted by Gasteiger charge is -2.26. The average Bonchev–Trinajstić information content (AvgIpc) is 2.95. The molecule has 116 valence electrons. The normalized spacial score (nSPS) is 17.3. The number of carbonyl (C=O) groups excluding carboxylic acids is 1. The van der Waals surface area contributed by atoms with Crippen LogP contribution in [0.4, 0.5) is 0 Å². The number of amides is 1. The first kappa shape index (κ1) is 14.8. The van der Waals surface area contributed by atoms with Gasteiger partial charge in [-0.2, -0.15) is 0 Å². The highest BCUT2D eigenvalue weighted by Gasteiger charge is 2.20. The van der Waals surface area contributed by atoms with Crippen molar-refractivity contribution in [3.63, 3.8) is 0 Å². The van der Waals surface area contributed by atoms with Crippen molar-refractivity contribution in [2.45, 2.75) is 32.0 Å². The summed E-state index contributed by atoms with van der Waals surface area (Å²) in [7, 11) is 1.97. The number of nitrogens with zero attached hydrogens (tertiary/aromatic N) is 3. The summed E-state index contributed by atoms with van der Waals surface area (Å²) in [4.78, 5) is 18.5. The molecule has 0 spiro atoms. The van der Waals surface area contributed by atoms with Crippen molar-refractivity contribution in [1.82, 2.24) is 19.8 Å². The molecule has 1 atom stereocenters. The number of rotatable bonds is 5. The molecule has 5 heteroatoms. The van der Waals surface area contributed by atoms with Crippen molar-refractivity contribution in [1.29, 1.82) is 0 Å². The molecule has 1 aliphatic rings. The number of benzene rings is 1. The summed E-state index contributed by atoms with van der Waals surface area (Å²) in [6.07, 6.45) is 5.70. The second-order valence-electron chi connectivity index (χ2n) is 5.96. The molecule has 0 bridgehead atoms. The second kappa shape index (κ2) is 6.75. The minimum atomic E-state index is 0.0898. The molecular weight excluding hydrogens is 276 g/mol. The number of hydrogen-bond acceptors (Lipinski definition) is 3. The summed E-state index contributed by atoms with van der Waals surface area (Å²) < 4.78 is 2.13. The van der Waals surface area contributed by atoms with Gasteiger partial charge in [0.25, 0.3) is 0 Å². The van der Waals surface area contributed by atoms with Crippen molar-refractivity contribution in [2.24, 2.45) is 0 Å². The van der Waals surface area contributed by atoms with Crippen LogP contribution >= 0.6 is 0 Å². The molecular formula is C17H22N4O. The Balaban J connectivity index is 1.46. The van der Waals surface area contributed by atoms with Crippen molar-refractivity contribution in [3.05, 3.63) is 54.1 Å². The molecule has 3 rings (SSSR count). The summed E-state index contributed by atoms with van der Waals surface area (Å²) >= 11 is 0. The van der Waals surface area contributed by atoms with Crippen LogP contribution in [0.5, 0.6) is 0 Å². The van der Waals surface area contributed by atoms with Gasteiger partial charge in [0.15, 0.2) is 0 Å². The number of carbonyl (C=O) groups is 1. The first-order chi connectivity index (χ1) is 10.7. The largest absolute Gasteiger partial charge is 0.350 e. The molecule has 1 unspecified atom stereocenters. The summed E-state index contributed by atoms with van der Waals surface area (Å²) in [6.45, 7) is 2.02. The smallest absolute Gasteiger partial charge is 0.234 e. The van der Waals surface area contributed by atoms with Crippen LogP contribution in [0.15, 0.2) is 42.7 Å². The lowest BCUT2D eigenvalue weighted by molar-refractivity contribution is -0.123. The van der Waals surface area contributed by atoms with E-state index in [1.165, 1.54) is 5.56 Å². The van der Waals surface area contributed by atoms with E-state index in [2.05, 4.69) is 27.0 Å². The van der Waals surface area contributed by atoms with E-state index in [0.29, 0.717) is 6.54 Å². The lowest BCUT2D eigenvalue weighted by atomic mass is 10.1. The van der Waals surface area contributed by atoms with Crippen molar-refractivity contribution in [2.75, 3.05) is 13.6 Å². The van der Waals surface area contributed by atoms with Crippen LogP contribution in [-0.2, 0) is 24.3 Å². The highest BCUT2D eigenvalue weighted by Crippen LogP contribution is 2.13. The van der Waals surface area contributed by atoms with Crippen LogP contribution < -0.4 is 5.32 Å². The van der Waals surface area contributed by atoms with E-state index in [1.807, 2.05) is 42.5 Å². The molecule has 0 saturated heterocycles. The van der Waals surface area contributed by atoms with E-state index in [4.69, 9.17) is 0 Å². The molecule has 0 saturated carbocycles. The van der Waals surface area contributed by atoms with E-state index in [-0.39, 0.29) is 11.9 Å². The van der Waals surface area contributed by atoms with Gasteiger partial charge in [-0.1, -0.05) is 30.3 Å². The number of imidazole rings is 1. The summed E-state index contributed by atoms with van der Waals surface area (Å²) in [5.74, 6) is 1.21. The molecule has 0 radical (unpaired) electrons. The first-order valence-electron chi connectivity index (χ1n) is 7.72. The van der Waals surface area contributed by atoms with Gasteiger partial charge in [-0.05, 0) is 19.0 Å². The maximum Gasteiger partial charge on any atom is 0.234 e. The van der Waals surface area contributed by atoms with Gasteiger partial charge >= 0.3 is 0 Å². The monoisotopic (exact) mass is 298 g/mol. The fraction of sp³-hybridized carbons (Fsp3) is 0.412. The van der Waals surface area contributed by atoms with Gasteiger partial charge in [0, 0.05) is 37.9 Å². The van der Waals surface area contributed by atoms with Gasteiger partial charge in [0.2, 0.25) is 5.91 Å². The Morgan fingerprint density at radius 2 is 2.23 bits per heavy atom. The van der Waals surface area contributed by atoms with Gasteiger partial charge in [0.05, 0.1) is 6.54 Å². The Labute approximate surface area is 131 Å². The second-order valence-corrected chi connectivity index (χ2v) is 5.96. The first-order valence-corrected chi connectivity index (χ1v) is 7.72. The predicted molar refractivity (Wildman–Crippen MR) is 85.3 cm³/mol. The Kier molecular flexibility index (Phi) is 4.53. The zero-order valence-corrected chi connectivity index (χ0v) is 12.9. The molecule has 2 heterocycles. The molecule has 1 aromatic carbocycles. The standard InChI is InChI=1S/C17H22N4O/c1-20(11-14-5-3-2-4-6-14)13-17(22)19-15-7-8-16-18-9-10-21(16)12-15/h2-6,9-10,15H,7-8,11-13H2,1H3,(H,19,22). The number of fused-ring (bicyclic) bond motifs is 1. The summed E-state index contributed by atoms with van der Waals surface area (Å²) in [5.41, 5.74) is 1.22. The maximum atomic E-state index is 12.2. The van der Waals surface area contributed by atoms with Crippen LogP contribution in [0.2, 0.25) is 0 Å². The summed E-state index contributed by atoms with van der Waals surface area (Å²) in [6, 6.07) is 10.4. The van der Waals surface area contributed by atoms with E-state index in [9.17, 15) is 4.79 Å².